The number of fused-ring (bicyclic) bond motifs is 1. The minimum Gasteiger partial charge on any atom is -0.488 e. The van der Waals surface area contributed by atoms with Gasteiger partial charge in [-0.2, -0.15) is 0 Å². The van der Waals surface area contributed by atoms with E-state index in [-0.39, 0.29) is 22.1 Å². The van der Waals surface area contributed by atoms with Crippen molar-refractivity contribution in [3.05, 3.63) is 59.2 Å². The van der Waals surface area contributed by atoms with E-state index in [0.29, 0.717) is 0 Å². The fraction of sp³-hybridized carbons (Fsp3) is 0.333. The molecule has 0 radical (unpaired) electrons. The van der Waals surface area contributed by atoms with Crippen molar-refractivity contribution in [2.24, 2.45) is 0 Å². The van der Waals surface area contributed by atoms with E-state index >= 15 is 0 Å². The molecule has 1 aliphatic rings. The number of carboxylic acid groups (broad SMARTS) is 2. The summed E-state index contributed by atoms with van der Waals surface area (Å²) >= 11 is 4.38. The van der Waals surface area contributed by atoms with Crippen molar-refractivity contribution in [2.45, 2.75) is 50.0 Å². The summed E-state index contributed by atoms with van der Waals surface area (Å²) < 4.78 is 5.98. The lowest BCUT2D eigenvalue weighted by Gasteiger charge is -2.42. The number of carbonyl (C=O) groups is 2. The van der Waals surface area contributed by atoms with Crippen molar-refractivity contribution in [3.63, 3.8) is 0 Å². The summed E-state index contributed by atoms with van der Waals surface area (Å²) in [7, 11) is 0. The third-order valence-electron chi connectivity index (χ3n) is 4.32. The van der Waals surface area contributed by atoms with Gasteiger partial charge in [0, 0.05) is 10.5 Å². The summed E-state index contributed by atoms with van der Waals surface area (Å²) in [6.07, 6.45) is 1.03. The highest BCUT2D eigenvalue weighted by Gasteiger charge is 2.38. The molecule has 2 N–H and O–H groups in total. The summed E-state index contributed by atoms with van der Waals surface area (Å²) in [5.41, 5.74) is 1.53. The van der Waals surface area contributed by atoms with Gasteiger partial charge in [0.2, 0.25) is 0 Å². The van der Waals surface area contributed by atoms with Crippen LogP contribution in [0.25, 0.3) is 0 Å². The average molecular weight is 388 g/mol. The van der Waals surface area contributed by atoms with Crippen LogP contribution in [0.4, 0.5) is 0 Å². The molecular weight excluding hydrogens is 364 g/mol. The van der Waals surface area contributed by atoms with Crippen molar-refractivity contribution in [3.8, 4) is 5.75 Å². The predicted molar refractivity (Wildman–Crippen MR) is 106 cm³/mol. The Kier molecular flexibility index (Phi) is 5.90. The van der Waals surface area contributed by atoms with Crippen molar-refractivity contribution in [1.82, 2.24) is 0 Å². The van der Waals surface area contributed by atoms with Crippen LogP contribution >= 0.6 is 12.6 Å². The first kappa shape index (κ1) is 20.8. The van der Waals surface area contributed by atoms with Crippen LogP contribution in [0.2, 0.25) is 0 Å². The normalized spacial score (nSPS) is 16.2. The first-order valence-corrected chi connectivity index (χ1v) is 8.95. The molecule has 0 spiro atoms. The number of aromatic carboxylic acids is 2. The van der Waals surface area contributed by atoms with E-state index < -0.39 is 11.9 Å². The summed E-state index contributed by atoms with van der Waals surface area (Å²) in [5, 5.41) is 16.9. The first-order chi connectivity index (χ1) is 12.4. The molecule has 0 amide bonds. The van der Waals surface area contributed by atoms with Crippen LogP contribution < -0.4 is 4.74 Å². The third kappa shape index (κ3) is 5.26. The molecular formula is C21H24O5S. The Bertz CT molecular complexity index is 820. The molecule has 0 unspecified atom stereocenters. The SMILES string of the molecule is CC1(C)CC(C)(C)c2cc(S)ccc2O1.O=C(O)c1ccc(C(=O)O)cc1. The molecule has 5 nitrogen and oxygen atoms in total. The van der Waals surface area contributed by atoms with Gasteiger partial charge in [-0.25, -0.2) is 9.59 Å². The number of rotatable bonds is 2. The first-order valence-electron chi connectivity index (χ1n) is 8.50. The standard InChI is InChI=1S/C13H18OS.C8H6O4/c1-12(2)8-13(3,4)14-11-6-5-9(15)7-10(11)12;9-7(10)5-1-2-6(4-3-5)8(11)12/h5-7,15H,8H2,1-4H3;1-4H,(H,9,10)(H,11,12). The second-order valence-corrected chi connectivity index (χ2v) is 8.31. The van der Waals surface area contributed by atoms with E-state index in [0.717, 1.165) is 17.1 Å². The Labute approximate surface area is 164 Å². The highest BCUT2D eigenvalue weighted by atomic mass is 32.1. The monoisotopic (exact) mass is 388 g/mol. The van der Waals surface area contributed by atoms with Crippen LogP contribution in [0.5, 0.6) is 5.75 Å². The number of benzene rings is 2. The van der Waals surface area contributed by atoms with Gasteiger partial charge in [0.15, 0.2) is 0 Å². The lowest BCUT2D eigenvalue weighted by Crippen LogP contribution is -2.41. The molecule has 1 heterocycles. The van der Waals surface area contributed by atoms with Gasteiger partial charge in [-0.05, 0) is 68.1 Å². The number of thiol groups is 1. The van der Waals surface area contributed by atoms with Crippen LogP contribution in [0.3, 0.4) is 0 Å². The molecule has 6 heteroatoms. The zero-order chi connectivity index (χ0) is 20.4. The van der Waals surface area contributed by atoms with Crippen LogP contribution in [0.1, 0.15) is 60.4 Å². The molecule has 0 saturated heterocycles. The Balaban J connectivity index is 0.000000199. The minimum atomic E-state index is -1.06. The molecule has 0 bridgehead atoms. The van der Waals surface area contributed by atoms with Crippen molar-refractivity contribution < 1.29 is 24.5 Å². The lowest BCUT2D eigenvalue weighted by atomic mass is 9.74. The van der Waals surface area contributed by atoms with E-state index in [4.69, 9.17) is 14.9 Å². The van der Waals surface area contributed by atoms with Gasteiger partial charge in [0.1, 0.15) is 11.4 Å². The molecule has 0 aliphatic carbocycles. The number of hydrogen-bond acceptors (Lipinski definition) is 4. The van der Waals surface area contributed by atoms with E-state index in [9.17, 15) is 9.59 Å². The van der Waals surface area contributed by atoms with Gasteiger partial charge in [-0.1, -0.05) is 13.8 Å². The maximum atomic E-state index is 10.3. The van der Waals surface area contributed by atoms with Gasteiger partial charge >= 0.3 is 11.9 Å². The molecule has 3 rings (SSSR count). The molecule has 144 valence electrons. The largest absolute Gasteiger partial charge is 0.488 e. The number of ether oxygens (including phenoxy) is 1. The van der Waals surface area contributed by atoms with Crippen molar-refractivity contribution >= 4 is 24.6 Å². The minimum absolute atomic E-state index is 0.0748. The van der Waals surface area contributed by atoms with Gasteiger partial charge < -0.3 is 14.9 Å². The van der Waals surface area contributed by atoms with Gasteiger partial charge in [0.25, 0.3) is 0 Å². The zero-order valence-corrected chi connectivity index (χ0v) is 16.7. The maximum Gasteiger partial charge on any atom is 0.335 e. The Morgan fingerprint density at radius 2 is 1.41 bits per heavy atom. The molecule has 27 heavy (non-hydrogen) atoms. The van der Waals surface area contributed by atoms with Crippen molar-refractivity contribution in [2.75, 3.05) is 0 Å². The van der Waals surface area contributed by atoms with Crippen LogP contribution in [-0.4, -0.2) is 27.8 Å². The number of hydrogen-bond donors (Lipinski definition) is 3. The molecule has 0 saturated carbocycles. The van der Waals surface area contributed by atoms with E-state index in [1.54, 1.807) is 0 Å². The highest BCUT2D eigenvalue weighted by molar-refractivity contribution is 7.80. The van der Waals surface area contributed by atoms with Crippen LogP contribution in [0.15, 0.2) is 47.4 Å². The van der Waals surface area contributed by atoms with Crippen LogP contribution in [0, 0.1) is 0 Å². The van der Waals surface area contributed by atoms with Gasteiger partial charge in [-0.3, -0.25) is 0 Å². The Morgan fingerprint density at radius 1 is 0.926 bits per heavy atom. The Morgan fingerprint density at radius 3 is 1.85 bits per heavy atom. The second-order valence-electron chi connectivity index (χ2n) is 7.79. The van der Waals surface area contributed by atoms with Crippen LogP contribution in [-0.2, 0) is 5.41 Å². The number of carboxylic acids is 2. The molecule has 2 aromatic rings. The third-order valence-corrected chi connectivity index (χ3v) is 4.60. The topological polar surface area (TPSA) is 83.8 Å². The highest BCUT2D eigenvalue weighted by Crippen LogP contribution is 2.45. The van der Waals surface area contributed by atoms with E-state index in [2.05, 4.69) is 46.4 Å². The summed E-state index contributed by atoms with van der Waals surface area (Å²) in [6.45, 7) is 8.82. The lowest BCUT2D eigenvalue weighted by molar-refractivity contribution is 0.0532. The smallest absolute Gasteiger partial charge is 0.335 e. The predicted octanol–water partition coefficient (Wildman–Crippen LogP) is 4.90. The van der Waals surface area contributed by atoms with Crippen molar-refractivity contribution in [1.29, 1.82) is 0 Å². The molecule has 0 atom stereocenters. The van der Waals surface area contributed by atoms with Gasteiger partial charge in [0.05, 0.1) is 11.1 Å². The fourth-order valence-corrected chi connectivity index (χ4v) is 3.59. The summed E-state index contributed by atoms with van der Waals surface area (Å²) in [6, 6.07) is 11.2. The Hall–Kier alpha value is -2.47. The summed E-state index contributed by atoms with van der Waals surface area (Å²) in [5.74, 6) is -1.12. The average Bonchev–Trinajstić information content (AvgIpc) is 2.55. The van der Waals surface area contributed by atoms with Gasteiger partial charge in [-0.15, -0.1) is 12.6 Å². The van der Waals surface area contributed by atoms with E-state index in [1.165, 1.54) is 29.8 Å². The fourth-order valence-electron chi connectivity index (χ4n) is 3.38. The summed E-state index contributed by atoms with van der Waals surface area (Å²) in [4.78, 5) is 21.7. The molecule has 1 aliphatic heterocycles. The zero-order valence-electron chi connectivity index (χ0n) is 15.8. The van der Waals surface area contributed by atoms with E-state index in [1.807, 2.05) is 12.1 Å². The molecule has 0 fully saturated rings. The second kappa shape index (κ2) is 7.64. The molecule has 0 aromatic heterocycles. The maximum absolute atomic E-state index is 10.3. The quantitative estimate of drug-likeness (QED) is 0.638. The molecule has 2 aromatic carbocycles.